The van der Waals surface area contributed by atoms with Crippen LogP contribution in [0.4, 0.5) is 10.1 Å². The van der Waals surface area contributed by atoms with Gasteiger partial charge in [0.25, 0.3) is 5.91 Å². The minimum atomic E-state index is -0.522. The summed E-state index contributed by atoms with van der Waals surface area (Å²) in [5.41, 5.74) is 3.33. The number of benzene rings is 2. The maximum Gasteiger partial charge on any atom is 0.267 e. The number of aromatic nitrogens is 1. The van der Waals surface area contributed by atoms with Crippen molar-refractivity contribution in [1.29, 1.82) is 0 Å². The summed E-state index contributed by atoms with van der Waals surface area (Å²) in [5.74, 6) is -0.805. The number of rotatable bonds is 4. The molecule has 0 bridgehead atoms. The average molecular weight is 375 g/mol. The molecule has 0 spiro atoms. The number of aryl methyl sites for hydroxylation is 2. The number of nitrogens with zero attached hydrogens (tertiary/aromatic N) is 1. The molecule has 3 aromatic rings. The second kappa shape index (κ2) is 7.33. The van der Waals surface area contributed by atoms with E-state index < -0.39 is 5.82 Å². The molecule has 0 saturated carbocycles. The Balaban J connectivity index is 1.83. The molecule has 0 aliphatic carbocycles. The Labute approximate surface area is 154 Å². The van der Waals surface area contributed by atoms with Crippen molar-refractivity contribution < 1.29 is 9.18 Å². The van der Waals surface area contributed by atoms with E-state index in [0.717, 1.165) is 17.0 Å². The summed E-state index contributed by atoms with van der Waals surface area (Å²) in [6.07, 6.45) is 0.977. The van der Waals surface area contributed by atoms with Crippen LogP contribution in [0.2, 0.25) is 5.02 Å². The summed E-state index contributed by atoms with van der Waals surface area (Å²) in [5, 5.41) is 3.49. The molecular formula is C19H16ClFN2OS. The van der Waals surface area contributed by atoms with Crippen molar-refractivity contribution in [2.24, 2.45) is 0 Å². The summed E-state index contributed by atoms with van der Waals surface area (Å²) >= 11 is 7.08. The van der Waals surface area contributed by atoms with Gasteiger partial charge in [-0.15, -0.1) is 11.3 Å². The first kappa shape index (κ1) is 17.6. The standard InChI is InChI=1S/C19H16ClFN2OS/c1-3-12-4-6-13(7-5-12)19-22-11(2)17(25-19)18(24)23-14-8-9-16(21)15(20)10-14/h4-10H,3H2,1-2H3,(H,23,24). The predicted octanol–water partition coefficient (Wildman–Crippen LogP) is 5.73. The van der Waals surface area contributed by atoms with Crippen LogP contribution < -0.4 is 5.32 Å². The summed E-state index contributed by atoms with van der Waals surface area (Å²) in [7, 11) is 0. The van der Waals surface area contributed by atoms with Crippen LogP contribution >= 0.6 is 22.9 Å². The average Bonchev–Trinajstić information content (AvgIpc) is 3.00. The molecule has 2 aromatic carbocycles. The fourth-order valence-electron chi connectivity index (χ4n) is 2.38. The van der Waals surface area contributed by atoms with Gasteiger partial charge in [-0.05, 0) is 37.1 Å². The van der Waals surface area contributed by atoms with Gasteiger partial charge in [0, 0.05) is 11.3 Å². The fraction of sp³-hybridized carbons (Fsp3) is 0.158. The van der Waals surface area contributed by atoms with Crippen LogP contribution in [-0.4, -0.2) is 10.9 Å². The van der Waals surface area contributed by atoms with Gasteiger partial charge < -0.3 is 5.32 Å². The third kappa shape index (κ3) is 3.89. The summed E-state index contributed by atoms with van der Waals surface area (Å²) in [6, 6.07) is 12.2. The highest BCUT2D eigenvalue weighted by atomic mass is 35.5. The number of anilines is 1. The third-order valence-corrected chi connectivity index (χ3v) is 5.28. The van der Waals surface area contributed by atoms with Crippen LogP contribution in [-0.2, 0) is 6.42 Å². The number of halogens is 2. The SMILES string of the molecule is CCc1ccc(-c2nc(C)c(C(=O)Nc3ccc(F)c(Cl)c3)s2)cc1. The van der Waals surface area contributed by atoms with E-state index in [-0.39, 0.29) is 10.9 Å². The predicted molar refractivity (Wildman–Crippen MR) is 101 cm³/mol. The Morgan fingerprint density at radius 3 is 2.60 bits per heavy atom. The molecule has 0 fully saturated rings. The number of thiazole rings is 1. The molecule has 6 heteroatoms. The van der Waals surface area contributed by atoms with Crippen molar-refractivity contribution in [3.05, 3.63) is 69.4 Å². The lowest BCUT2D eigenvalue weighted by molar-refractivity contribution is 0.103. The molecule has 0 saturated heterocycles. The first-order chi connectivity index (χ1) is 12.0. The molecule has 1 N–H and O–H groups in total. The first-order valence-electron chi connectivity index (χ1n) is 7.81. The second-order valence-electron chi connectivity index (χ2n) is 5.57. The number of carbonyl (C=O) groups is 1. The molecular weight excluding hydrogens is 359 g/mol. The highest BCUT2D eigenvalue weighted by Crippen LogP contribution is 2.29. The summed E-state index contributed by atoms with van der Waals surface area (Å²) in [6.45, 7) is 3.90. The number of hydrogen-bond acceptors (Lipinski definition) is 3. The molecule has 3 nitrogen and oxygen atoms in total. The van der Waals surface area contributed by atoms with Gasteiger partial charge in [-0.2, -0.15) is 0 Å². The normalized spacial score (nSPS) is 10.7. The van der Waals surface area contributed by atoms with Crippen molar-refractivity contribution in [1.82, 2.24) is 4.98 Å². The van der Waals surface area contributed by atoms with Gasteiger partial charge in [0.1, 0.15) is 15.7 Å². The van der Waals surface area contributed by atoms with Gasteiger partial charge in [0.2, 0.25) is 0 Å². The molecule has 0 atom stereocenters. The first-order valence-corrected chi connectivity index (χ1v) is 9.00. The van der Waals surface area contributed by atoms with Gasteiger partial charge in [0.05, 0.1) is 10.7 Å². The molecule has 128 valence electrons. The molecule has 0 radical (unpaired) electrons. The van der Waals surface area contributed by atoms with E-state index in [1.807, 2.05) is 12.1 Å². The lowest BCUT2D eigenvalue weighted by atomic mass is 10.1. The smallest absolute Gasteiger partial charge is 0.267 e. The zero-order valence-corrected chi connectivity index (χ0v) is 15.3. The topological polar surface area (TPSA) is 42.0 Å². The van der Waals surface area contributed by atoms with Crippen LogP contribution in [0, 0.1) is 12.7 Å². The minimum absolute atomic E-state index is 0.0319. The van der Waals surface area contributed by atoms with E-state index in [1.165, 1.54) is 35.1 Å². The van der Waals surface area contributed by atoms with E-state index in [0.29, 0.717) is 16.3 Å². The van der Waals surface area contributed by atoms with E-state index >= 15 is 0 Å². The van der Waals surface area contributed by atoms with E-state index in [9.17, 15) is 9.18 Å². The Hall–Kier alpha value is -2.24. The van der Waals surface area contributed by atoms with Gasteiger partial charge in [-0.1, -0.05) is 42.8 Å². The van der Waals surface area contributed by atoms with E-state index in [2.05, 4.69) is 29.4 Å². The number of amides is 1. The fourth-order valence-corrected chi connectivity index (χ4v) is 3.52. The largest absolute Gasteiger partial charge is 0.321 e. The van der Waals surface area contributed by atoms with Crippen LogP contribution in [0.3, 0.4) is 0 Å². The molecule has 1 aromatic heterocycles. The third-order valence-electron chi connectivity index (χ3n) is 3.79. The van der Waals surface area contributed by atoms with Gasteiger partial charge in [0.15, 0.2) is 0 Å². The van der Waals surface area contributed by atoms with Crippen molar-refractivity contribution >= 4 is 34.5 Å². The molecule has 3 rings (SSSR count). The van der Waals surface area contributed by atoms with Gasteiger partial charge in [-0.3, -0.25) is 4.79 Å². The maximum atomic E-state index is 13.2. The van der Waals surface area contributed by atoms with Crippen LogP contribution in [0.25, 0.3) is 10.6 Å². The number of hydrogen-bond donors (Lipinski definition) is 1. The number of nitrogens with one attached hydrogen (secondary N) is 1. The Morgan fingerprint density at radius 1 is 1.24 bits per heavy atom. The lowest BCUT2D eigenvalue weighted by Crippen LogP contribution is -2.11. The number of carbonyl (C=O) groups excluding carboxylic acids is 1. The highest BCUT2D eigenvalue weighted by Gasteiger charge is 2.17. The van der Waals surface area contributed by atoms with Gasteiger partial charge >= 0.3 is 0 Å². The monoisotopic (exact) mass is 374 g/mol. The van der Waals surface area contributed by atoms with Crippen LogP contribution in [0.15, 0.2) is 42.5 Å². The molecule has 0 aliphatic heterocycles. The Bertz CT molecular complexity index is 922. The maximum absolute atomic E-state index is 13.2. The highest BCUT2D eigenvalue weighted by molar-refractivity contribution is 7.17. The van der Waals surface area contributed by atoms with Crippen molar-refractivity contribution in [3.8, 4) is 10.6 Å². The quantitative estimate of drug-likeness (QED) is 0.634. The van der Waals surface area contributed by atoms with Crippen molar-refractivity contribution in [2.75, 3.05) is 5.32 Å². The second-order valence-corrected chi connectivity index (χ2v) is 6.97. The summed E-state index contributed by atoms with van der Waals surface area (Å²) in [4.78, 5) is 17.5. The van der Waals surface area contributed by atoms with Crippen LogP contribution in [0.1, 0.15) is 27.9 Å². The van der Waals surface area contributed by atoms with Crippen LogP contribution in [0.5, 0.6) is 0 Å². The summed E-state index contributed by atoms with van der Waals surface area (Å²) < 4.78 is 13.2. The molecule has 0 unspecified atom stereocenters. The Kier molecular flexibility index (Phi) is 5.16. The Morgan fingerprint density at radius 2 is 1.96 bits per heavy atom. The molecule has 1 heterocycles. The zero-order chi connectivity index (χ0) is 18.0. The van der Waals surface area contributed by atoms with E-state index in [4.69, 9.17) is 11.6 Å². The van der Waals surface area contributed by atoms with E-state index in [1.54, 1.807) is 6.92 Å². The zero-order valence-electron chi connectivity index (χ0n) is 13.8. The molecule has 0 aliphatic rings. The van der Waals surface area contributed by atoms with Crippen molar-refractivity contribution in [3.63, 3.8) is 0 Å². The molecule has 1 amide bonds. The van der Waals surface area contributed by atoms with Crippen molar-refractivity contribution in [2.45, 2.75) is 20.3 Å². The van der Waals surface area contributed by atoms with Gasteiger partial charge in [-0.25, -0.2) is 9.37 Å². The minimum Gasteiger partial charge on any atom is -0.321 e. The molecule has 25 heavy (non-hydrogen) atoms. The lowest BCUT2D eigenvalue weighted by Gasteiger charge is -2.04.